The Bertz CT molecular complexity index is 2070. The van der Waals surface area contributed by atoms with Crippen molar-refractivity contribution in [2.75, 3.05) is 31.2 Å². The number of benzene rings is 4. The molecule has 8 nitrogen and oxygen atoms in total. The van der Waals surface area contributed by atoms with E-state index in [1.807, 2.05) is 18.0 Å². The molecule has 49 heavy (non-hydrogen) atoms. The molecule has 0 fully saturated rings. The molecule has 1 unspecified atom stereocenters. The summed E-state index contributed by atoms with van der Waals surface area (Å²) in [5, 5.41) is 4.21. The van der Waals surface area contributed by atoms with Gasteiger partial charge in [0.05, 0.1) is 27.4 Å². The van der Waals surface area contributed by atoms with E-state index in [0.29, 0.717) is 81.6 Å². The zero-order chi connectivity index (χ0) is 34.4. The summed E-state index contributed by atoms with van der Waals surface area (Å²) < 4.78 is 66.7. The van der Waals surface area contributed by atoms with Crippen LogP contribution in [0.1, 0.15) is 30.4 Å². The van der Waals surface area contributed by atoms with Gasteiger partial charge in [0.25, 0.3) is 0 Å². The van der Waals surface area contributed by atoms with Crippen molar-refractivity contribution in [3.8, 4) is 5.75 Å². The molecule has 5 aromatic rings. The van der Waals surface area contributed by atoms with Gasteiger partial charge in [-0.2, -0.15) is 0 Å². The summed E-state index contributed by atoms with van der Waals surface area (Å²) >= 11 is 6.52. The van der Waals surface area contributed by atoms with Crippen LogP contribution in [0.4, 0.5) is 20.3 Å². The standard InChI is InChI=1S/C37H35ClF2N4O4S/c1-44(17-19-49(45,46)29-10-3-2-4-11-29)16-6-14-37(15-7-18-48-37)31-22-30-34(23-33(31)40)41-25-42-36(30)43-28-12-13-35(32(38)21-28)47-24-26-8-5-9-27(39)20-26/h2-5,7-13,18,20-23,25H,6,14-17,19,24H2,1H3,(H,41,42,43). The molecule has 12 heteroatoms. The van der Waals surface area contributed by atoms with E-state index < -0.39 is 21.3 Å². The van der Waals surface area contributed by atoms with Crippen LogP contribution < -0.4 is 10.1 Å². The van der Waals surface area contributed by atoms with Crippen LogP contribution in [0.15, 0.2) is 108 Å². The number of aromatic nitrogens is 2. The fourth-order valence-corrected chi connectivity index (χ4v) is 7.44. The Morgan fingerprint density at radius 2 is 1.84 bits per heavy atom. The number of sulfone groups is 1. The zero-order valence-electron chi connectivity index (χ0n) is 26.8. The van der Waals surface area contributed by atoms with Crippen molar-refractivity contribution in [1.82, 2.24) is 14.9 Å². The number of halogens is 3. The average Bonchev–Trinajstić information content (AvgIpc) is 3.57. The van der Waals surface area contributed by atoms with Crippen LogP contribution in [0.2, 0.25) is 5.02 Å². The highest BCUT2D eigenvalue weighted by molar-refractivity contribution is 7.91. The van der Waals surface area contributed by atoms with Gasteiger partial charge in [0.2, 0.25) is 0 Å². The third-order valence-corrected chi connectivity index (χ3v) is 10.5. The number of nitrogens with zero attached hydrogens (tertiary/aromatic N) is 3. The van der Waals surface area contributed by atoms with Crippen molar-refractivity contribution in [1.29, 1.82) is 0 Å². The van der Waals surface area contributed by atoms with Crippen LogP contribution in [0.3, 0.4) is 0 Å². The fraction of sp³-hybridized carbons (Fsp3) is 0.243. The Morgan fingerprint density at radius 1 is 1.00 bits per heavy atom. The third-order valence-electron chi connectivity index (χ3n) is 8.49. The maximum atomic E-state index is 15.8. The lowest BCUT2D eigenvalue weighted by atomic mass is 9.85. The molecule has 0 amide bonds. The van der Waals surface area contributed by atoms with Gasteiger partial charge >= 0.3 is 0 Å². The van der Waals surface area contributed by atoms with E-state index in [4.69, 9.17) is 21.1 Å². The van der Waals surface area contributed by atoms with Gasteiger partial charge < -0.3 is 19.7 Å². The van der Waals surface area contributed by atoms with Crippen molar-refractivity contribution in [2.45, 2.75) is 36.4 Å². The molecule has 254 valence electrons. The molecule has 1 atom stereocenters. The van der Waals surface area contributed by atoms with Crippen LogP contribution in [-0.2, 0) is 26.8 Å². The summed E-state index contributed by atoms with van der Waals surface area (Å²) in [5.74, 6) is 0.111. The number of hydrogen-bond acceptors (Lipinski definition) is 8. The van der Waals surface area contributed by atoms with E-state index in [1.165, 1.54) is 24.5 Å². The summed E-state index contributed by atoms with van der Waals surface area (Å²) in [5.41, 5.74) is 1.16. The van der Waals surface area contributed by atoms with Gasteiger partial charge in [0.15, 0.2) is 9.84 Å². The van der Waals surface area contributed by atoms with Gasteiger partial charge in [-0.25, -0.2) is 27.2 Å². The normalized spacial score (nSPS) is 15.9. The Balaban J connectivity index is 1.15. The number of fused-ring (bicyclic) bond motifs is 1. The van der Waals surface area contributed by atoms with Crippen LogP contribution in [-0.4, -0.2) is 49.2 Å². The summed E-state index contributed by atoms with van der Waals surface area (Å²) in [6.07, 6.45) is 6.45. The molecule has 1 aliphatic rings. The van der Waals surface area contributed by atoms with Crippen molar-refractivity contribution < 1.29 is 26.7 Å². The smallest absolute Gasteiger partial charge is 0.179 e. The van der Waals surface area contributed by atoms with Crippen molar-refractivity contribution >= 4 is 43.8 Å². The fourth-order valence-electron chi connectivity index (χ4n) is 5.85. The predicted molar refractivity (Wildman–Crippen MR) is 187 cm³/mol. The predicted octanol–water partition coefficient (Wildman–Crippen LogP) is 8.20. The highest BCUT2D eigenvalue weighted by Gasteiger charge is 2.38. The number of nitrogens with one attached hydrogen (secondary N) is 1. The van der Waals surface area contributed by atoms with E-state index in [-0.39, 0.29) is 18.2 Å². The largest absolute Gasteiger partial charge is 0.490 e. The van der Waals surface area contributed by atoms with E-state index in [0.717, 1.165) is 0 Å². The Hall–Kier alpha value is -4.58. The number of anilines is 2. The quantitative estimate of drug-likeness (QED) is 0.124. The van der Waals surface area contributed by atoms with Gasteiger partial charge in [0, 0.05) is 35.7 Å². The SMILES string of the molecule is CN(CCCC1(c2cc3c(Nc4ccc(OCc5cccc(F)c5)c(Cl)c4)ncnc3cc2F)CC=CO1)CCS(=O)(=O)c1ccccc1. The van der Waals surface area contributed by atoms with Crippen molar-refractivity contribution in [3.05, 3.63) is 131 Å². The molecule has 0 saturated heterocycles. The number of hydrogen-bond donors (Lipinski definition) is 1. The molecular weight excluding hydrogens is 670 g/mol. The molecule has 6 rings (SSSR count). The minimum absolute atomic E-state index is 0.00165. The van der Waals surface area contributed by atoms with Crippen molar-refractivity contribution in [3.63, 3.8) is 0 Å². The second-order valence-electron chi connectivity index (χ2n) is 12.0. The van der Waals surface area contributed by atoms with E-state index in [9.17, 15) is 12.8 Å². The highest BCUT2D eigenvalue weighted by Crippen LogP contribution is 2.42. The second kappa shape index (κ2) is 14.9. The second-order valence-corrected chi connectivity index (χ2v) is 14.5. The molecule has 0 saturated carbocycles. The summed E-state index contributed by atoms with van der Waals surface area (Å²) in [7, 11) is -1.52. The Morgan fingerprint density at radius 3 is 2.59 bits per heavy atom. The van der Waals surface area contributed by atoms with Crippen molar-refractivity contribution in [2.24, 2.45) is 0 Å². The highest BCUT2D eigenvalue weighted by atomic mass is 35.5. The van der Waals surface area contributed by atoms with Crippen LogP contribution >= 0.6 is 11.6 Å². The first-order valence-electron chi connectivity index (χ1n) is 15.8. The summed E-state index contributed by atoms with van der Waals surface area (Å²) in [6.45, 7) is 1.12. The molecule has 0 aliphatic carbocycles. The van der Waals surface area contributed by atoms with Gasteiger partial charge in [-0.05, 0) is 86.6 Å². The van der Waals surface area contributed by atoms with Crippen LogP contribution in [0.5, 0.6) is 5.75 Å². The first kappa shape index (κ1) is 34.3. The maximum Gasteiger partial charge on any atom is 0.179 e. The van der Waals surface area contributed by atoms with Gasteiger partial charge in [-0.15, -0.1) is 0 Å². The molecule has 0 radical (unpaired) electrons. The molecule has 0 bridgehead atoms. The van der Waals surface area contributed by atoms with E-state index in [2.05, 4.69) is 15.3 Å². The molecule has 1 aliphatic heterocycles. The Labute approximate surface area is 289 Å². The van der Waals surface area contributed by atoms with Gasteiger partial charge in [0.1, 0.15) is 41.7 Å². The lowest BCUT2D eigenvalue weighted by molar-refractivity contribution is 0.0252. The number of ether oxygens (including phenoxy) is 2. The molecule has 1 aromatic heterocycles. The van der Waals surface area contributed by atoms with Gasteiger partial charge in [-0.3, -0.25) is 0 Å². The van der Waals surface area contributed by atoms with E-state index >= 15 is 4.39 Å². The monoisotopic (exact) mass is 704 g/mol. The first-order chi connectivity index (χ1) is 23.6. The van der Waals surface area contributed by atoms with Crippen LogP contribution in [0.25, 0.3) is 10.9 Å². The molecule has 2 heterocycles. The third kappa shape index (κ3) is 8.18. The average molecular weight is 705 g/mol. The van der Waals surface area contributed by atoms with Gasteiger partial charge in [-0.1, -0.05) is 41.9 Å². The first-order valence-corrected chi connectivity index (χ1v) is 17.8. The molecule has 4 aromatic carbocycles. The number of rotatable bonds is 14. The zero-order valence-corrected chi connectivity index (χ0v) is 28.4. The van der Waals surface area contributed by atoms with E-state index in [1.54, 1.807) is 73.0 Å². The topological polar surface area (TPSA) is 93.7 Å². The minimum atomic E-state index is -3.39. The molecule has 0 spiro atoms. The molecular formula is C37H35ClF2N4O4S. The minimum Gasteiger partial charge on any atom is -0.490 e. The summed E-state index contributed by atoms with van der Waals surface area (Å²) in [6, 6.07) is 22.9. The maximum absolute atomic E-state index is 15.8. The lowest BCUT2D eigenvalue weighted by Crippen LogP contribution is -2.30. The molecule has 1 N–H and O–H groups in total. The Kier molecular flexibility index (Phi) is 10.4. The van der Waals surface area contributed by atoms with Crippen LogP contribution in [0, 0.1) is 11.6 Å². The summed E-state index contributed by atoms with van der Waals surface area (Å²) in [4.78, 5) is 11.0. The lowest BCUT2D eigenvalue weighted by Gasteiger charge is -2.31.